The van der Waals surface area contributed by atoms with Crippen molar-refractivity contribution in [2.24, 2.45) is 5.73 Å². The number of hydrogen-bond acceptors (Lipinski definition) is 4. The van der Waals surface area contributed by atoms with Crippen molar-refractivity contribution in [2.45, 2.75) is 18.9 Å². The van der Waals surface area contributed by atoms with Crippen molar-refractivity contribution in [1.29, 1.82) is 0 Å². The van der Waals surface area contributed by atoms with Crippen LogP contribution in [0.15, 0.2) is 16.9 Å². The number of rotatable bonds is 2. The Morgan fingerprint density at radius 1 is 1.62 bits per heavy atom. The normalized spacial score (nSPS) is 19.1. The standard InChI is InChI=1S/C14H17BrN5O/c1-17-9-3-2-5-19(8-9)12-10-4-6-20(14(16)21)13(10)18-7-11(12)15/h6-7,9,17H,2-3,5,8H2,1H3,(H2,16,21)/t9-/m1/s1. The molecule has 0 bridgehead atoms. The van der Waals surface area contributed by atoms with Crippen molar-refractivity contribution in [2.75, 3.05) is 25.0 Å². The molecular weight excluding hydrogens is 334 g/mol. The highest BCUT2D eigenvalue weighted by Crippen LogP contribution is 2.35. The van der Waals surface area contributed by atoms with E-state index in [4.69, 9.17) is 5.73 Å². The van der Waals surface area contributed by atoms with Gasteiger partial charge in [-0.25, -0.2) is 9.78 Å². The number of aromatic nitrogens is 2. The first kappa shape index (κ1) is 14.3. The van der Waals surface area contributed by atoms with Gasteiger partial charge in [-0.05, 0) is 35.8 Å². The maximum Gasteiger partial charge on any atom is 0.324 e. The van der Waals surface area contributed by atoms with Crippen LogP contribution >= 0.6 is 15.9 Å². The molecule has 1 atom stereocenters. The van der Waals surface area contributed by atoms with Gasteiger partial charge in [-0.15, -0.1) is 0 Å². The van der Waals surface area contributed by atoms with Crippen molar-refractivity contribution in [3.8, 4) is 0 Å². The fourth-order valence-electron chi connectivity index (χ4n) is 2.87. The summed E-state index contributed by atoms with van der Waals surface area (Å²) in [5, 5.41) is 4.15. The van der Waals surface area contributed by atoms with Crippen LogP contribution in [0.5, 0.6) is 0 Å². The zero-order chi connectivity index (χ0) is 15.0. The van der Waals surface area contributed by atoms with Gasteiger partial charge in [0.05, 0.1) is 15.5 Å². The molecule has 3 N–H and O–H groups in total. The molecule has 3 heterocycles. The number of primary amides is 1. The molecule has 6 nitrogen and oxygen atoms in total. The molecule has 0 aromatic carbocycles. The van der Waals surface area contributed by atoms with Crippen LogP contribution in [0.2, 0.25) is 0 Å². The van der Waals surface area contributed by atoms with Gasteiger partial charge in [-0.2, -0.15) is 0 Å². The molecule has 21 heavy (non-hydrogen) atoms. The molecule has 0 saturated carbocycles. The van der Waals surface area contributed by atoms with E-state index >= 15 is 0 Å². The minimum atomic E-state index is -0.547. The first-order chi connectivity index (χ1) is 10.1. The fraction of sp³-hybridized carbons (Fsp3) is 0.429. The number of nitrogens with zero attached hydrogens (tertiary/aromatic N) is 3. The monoisotopic (exact) mass is 350 g/mol. The molecular formula is C14H17BrN5O. The average Bonchev–Trinajstić information content (AvgIpc) is 2.91. The van der Waals surface area contributed by atoms with E-state index in [0.29, 0.717) is 11.7 Å². The molecule has 0 spiro atoms. The van der Waals surface area contributed by atoms with E-state index in [1.807, 2.05) is 7.05 Å². The Balaban J connectivity index is 2.08. The summed E-state index contributed by atoms with van der Waals surface area (Å²) in [4.78, 5) is 18.0. The molecule has 0 unspecified atom stereocenters. The number of anilines is 1. The number of piperidine rings is 1. The third kappa shape index (κ3) is 2.51. The number of carbonyl (C=O) groups is 1. The van der Waals surface area contributed by atoms with Crippen molar-refractivity contribution in [3.63, 3.8) is 0 Å². The molecule has 1 aliphatic heterocycles. The topological polar surface area (TPSA) is 76.2 Å². The van der Waals surface area contributed by atoms with Crippen LogP contribution in [0, 0.1) is 6.07 Å². The van der Waals surface area contributed by atoms with E-state index in [-0.39, 0.29) is 0 Å². The molecule has 1 amide bonds. The second kappa shape index (κ2) is 5.65. The molecule has 3 rings (SSSR count). The maximum atomic E-state index is 11.4. The first-order valence-corrected chi connectivity index (χ1v) is 7.70. The van der Waals surface area contributed by atoms with E-state index in [2.05, 4.69) is 37.2 Å². The molecule has 2 aromatic rings. The van der Waals surface area contributed by atoms with Gasteiger partial charge in [-0.3, -0.25) is 4.57 Å². The Kier molecular flexibility index (Phi) is 3.86. The third-order valence-corrected chi connectivity index (χ3v) is 4.52. The molecule has 1 fully saturated rings. The van der Waals surface area contributed by atoms with Gasteiger partial charge in [-0.1, -0.05) is 0 Å². The maximum absolute atomic E-state index is 11.4. The first-order valence-electron chi connectivity index (χ1n) is 6.91. The van der Waals surface area contributed by atoms with E-state index < -0.39 is 6.03 Å². The number of hydrogen-bond donors (Lipinski definition) is 2. The highest BCUT2D eigenvalue weighted by Gasteiger charge is 2.23. The van der Waals surface area contributed by atoms with Crippen molar-refractivity contribution in [3.05, 3.63) is 22.9 Å². The van der Waals surface area contributed by atoms with E-state index in [9.17, 15) is 4.79 Å². The predicted molar refractivity (Wildman–Crippen MR) is 85.5 cm³/mol. The largest absolute Gasteiger partial charge is 0.368 e. The van der Waals surface area contributed by atoms with Crippen LogP contribution in [0.1, 0.15) is 12.8 Å². The second-order valence-corrected chi connectivity index (χ2v) is 6.06. The van der Waals surface area contributed by atoms with Crippen LogP contribution in [0.3, 0.4) is 0 Å². The van der Waals surface area contributed by atoms with Gasteiger partial charge < -0.3 is 16.0 Å². The van der Waals surface area contributed by atoms with Crippen LogP contribution in [0.25, 0.3) is 11.0 Å². The lowest BCUT2D eigenvalue weighted by Crippen LogP contribution is -2.44. The second-order valence-electron chi connectivity index (χ2n) is 5.21. The molecule has 111 valence electrons. The summed E-state index contributed by atoms with van der Waals surface area (Å²) in [5.74, 6) is 0. The van der Waals surface area contributed by atoms with Crippen molar-refractivity contribution < 1.29 is 4.79 Å². The molecule has 1 radical (unpaired) electrons. The Morgan fingerprint density at radius 3 is 3.14 bits per heavy atom. The number of fused-ring (bicyclic) bond motifs is 1. The van der Waals surface area contributed by atoms with Crippen LogP contribution in [0.4, 0.5) is 10.5 Å². The van der Waals surface area contributed by atoms with E-state index in [1.165, 1.54) is 11.0 Å². The SMILES string of the molecule is CN[C@@H]1CCCN(c2c(Br)cnc3c2[c]cn3C(N)=O)C1. The summed E-state index contributed by atoms with van der Waals surface area (Å²) < 4.78 is 2.23. The minimum Gasteiger partial charge on any atom is -0.368 e. The van der Waals surface area contributed by atoms with Crippen molar-refractivity contribution in [1.82, 2.24) is 14.9 Å². The number of nitrogens with one attached hydrogen (secondary N) is 1. The number of amides is 1. The highest BCUT2D eigenvalue weighted by atomic mass is 79.9. The van der Waals surface area contributed by atoms with Crippen LogP contribution in [-0.2, 0) is 0 Å². The zero-order valence-electron chi connectivity index (χ0n) is 11.8. The number of likely N-dealkylation sites (N-methyl/N-ethyl adjacent to an activating group) is 1. The number of nitrogens with two attached hydrogens (primary N) is 1. The third-order valence-electron chi connectivity index (χ3n) is 3.94. The molecule has 2 aromatic heterocycles. The van der Waals surface area contributed by atoms with Gasteiger partial charge >= 0.3 is 6.03 Å². The predicted octanol–water partition coefficient (Wildman–Crippen LogP) is 1.71. The molecule has 0 aliphatic carbocycles. The lowest BCUT2D eigenvalue weighted by molar-refractivity contribution is 0.251. The number of carbonyl (C=O) groups excluding carboxylic acids is 1. The van der Waals surface area contributed by atoms with Gasteiger partial charge in [0, 0.05) is 37.6 Å². The van der Waals surface area contributed by atoms with E-state index in [1.54, 1.807) is 12.4 Å². The summed E-state index contributed by atoms with van der Waals surface area (Å²) in [6.07, 6.45) is 5.56. The number of pyridine rings is 1. The zero-order valence-corrected chi connectivity index (χ0v) is 13.4. The van der Waals surface area contributed by atoms with Gasteiger partial charge in [0.25, 0.3) is 0 Å². The highest BCUT2D eigenvalue weighted by molar-refractivity contribution is 9.10. The lowest BCUT2D eigenvalue weighted by Gasteiger charge is -2.35. The van der Waals surface area contributed by atoms with E-state index in [0.717, 1.165) is 35.1 Å². The summed E-state index contributed by atoms with van der Waals surface area (Å²) in [6.45, 7) is 1.90. The molecule has 7 heteroatoms. The number of halogens is 1. The Hall–Kier alpha value is -1.60. The Labute approximate surface area is 131 Å². The summed E-state index contributed by atoms with van der Waals surface area (Å²) in [7, 11) is 1.99. The van der Waals surface area contributed by atoms with Crippen molar-refractivity contribution >= 4 is 38.7 Å². The quantitative estimate of drug-likeness (QED) is 0.864. The fourth-order valence-corrected chi connectivity index (χ4v) is 3.42. The van der Waals surface area contributed by atoms with Gasteiger partial charge in [0.2, 0.25) is 0 Å². The Bertz CT molecular complexity index is 683. The van der Waals surface area contributed by atoms with Crippen LogP contribution < -0.4 is 16.0 Å². The average molecular weight is 351 g/mol. The smallest absolute Gasteiger partial charge is 0.324 e. The van der Waals surface area contributed by atoms with Gasteiger partial charge in [0.1, 0.15) is 0 Å². The summed E-state index contributed by atoms with van der Waals surface area (Å²) in [5.41, 5.74) is 6.94. The summed E-state index contributed by atoms with van der Waals surface area (Å²) in [6, 6.07) is 3.03. The Morgan fingerprint density at radius 2 is 2.43 bits per heavy atom. The minimum absolute atomic E-state index is 0.465. The van der Waals surface area contributed by atoms with Gasteiger partial charge in [0.15, 0.2) is 5.65 Å². The molecule has 1 aliphatic rings. The van der Waals surface area contributed by atoms with Crippen LogP contribution in [-0.4, -0.2) is 41.8 Å². The summed E-state index contributed by atoms with van der Waals surface area (Å²) >= 11 is 3.57. The molecule has 1 saturated heterocycles. The lowest BCUT2D eigenvalue weighted by atomic mass is 10.0.